The lowest BCUT2D eigenvalue weighted by atomic mass is 10.1. The van der Waals surface area contributed by atoms with Crippen molar-refractivity contribution in [3.63, 3.8) is 0 Å². The van der Waals surface area contributed by atoms with Gasteiger partial charge in [-0.3, -0.25) is 4.79 Å². The minimum Gasteiger partial charge on any atom is -0.370 e. The number of hydrogen-bond donors (Lipinski definition) is 1. The molecule has 0 radical (unpaired) electrons. The van der Waals surface area contributed by atoms with Gasteiger partial charge in [0.1, 0.15) is 6.10 Å². The molecule has 1 aromatic carbocycles. The Balaban J connectivity index is 0.00000364. The maximum atomic E-state index is 12.5. The number of carbonyl (C=O) groups excluding carboxylic acids is 1. The first kappa shape index (κ1) is 23.1. The lowest BCUT2D eigenvalue weighted by molar-refractivity contribution is -0.132. The van der Waals surface area contributed by atoms with Gasteiger partial charge in [0.15, 0.2) is 5.82 Å². The summed E-state index contributed by atoms with van der Waals surface area (Å²) >= 11 is 0. The number of rotatable bonds is 9. The quantitative estimate of drug-likeness (QED) is 0.700. The minimum atomic E-state index is -0.613. The summed E-state index contributed by atoms with van der Waals surface area (Å²) in [4.78, 5) is 18.3. The van der Waals surface area contributed by atoms with Crippen molar-refractivity contribution in [2.75, 3.05) is 13.7 Å². The molecule has 0 spiro atoms. The number of amides is 1. The Kier molecular flexibility index (Phi) is 9.41. The summed E-state index contributed by atoms with van der Waals surface area (Å²) in [5.41, 5.74) is 7.07. The van der Waals surface area contributed by atoms with E-state index < -0.39 is 6.04 Å². The van der Waals surface area contributed by atoms with Gasteiger partial charge in [0.05, 0.1) is 12.6 Å². The predicted octanol–water partition coefficient (Wildman–Crippen LogP) is 2.75. The molecule has 1 aromatic heterocycles. The standard InChI is InChI=1S/C19H28N4O3.ClH/c1-13(2)12-25-14(3)18-21-17(26-22-18)11-23(4)19(24)16(20)10-15-8-6-5-7-9-15;/h5-9,13-14,16H,10-12,20H2,1-4H3;1H/t14?,16-;/m0./s1. The zero-order chi connectivity index (χ0) is 19.1. The van der Waals surface area contributed by atoms with Gasteiger partial charge in [-0.25, -0.2) is 0 Å². The highest BCUT2D eigenvalue weighted by Gasteiger charge is 2.21. The first-order valence-corrected chi connectivity index (χ1v) is 8.85. The number of halogens is 1. The second-order valence-corrected chi connectivity index (χ2v) is 6.91. The van der Waals surface area contributed by atoms with E-state index in [-0.39, 0.29) is 31.0 Å². The van der Waals surface area contributed by atoms with Crippen LogP contribution in [-0.2, 0) is 22.5 Å². The molecule has 1 heterocycles. The van der Waals surface area contributed by atoms with Crippen molar-refractivity contribution in [2.24, 2.45) is 11.7 Å². The Labute approximate surface area is 166 Å². The summed E-state index contributed by atoms with van der Waals surface area (Å²) in [6.07, 6.45) is 0.232. The molecule has 150 valence electrons. The summed E-state index contributed by atoms with van der Waals surface area (Å²) in [6, 6.07) is 9.09. The van der Waals surface area contributed by atoms with Gasteiger partial charge >= 0.3 is 0 Å². The van der Waals surface area contributed by atoms with Gasteiger partial charge in [-0.1, -0.05) is 49.3 Å². The number of nitrogens with zero attached hydrogens (tertiary/aromatic N) is 3. The fourth-order valence-electron chi connectivity index (χ4n) is 2.43. The first-order chi connectivity index (χ1) is 12.4. The fraction of sp³-hybridized carbons (Fsp3) is 0.526. The molecule has 0 bridgehead atoms. The van der Waals surface area contributed by atoms with Crippen molar-refractivity contribution in [2.45, 2.75) is 45.9 Å². The van der Waals surface area contributed by atoms with E-state index in [0.717, 1.165) is 5.56 Å². The van der Waals surface area contributed by atoms with Crippen LogP contribution in [0.5, 0.6) is 0 Å². The Bertz CT molecular complexity index is 693. The Morgan fingerprint density at radius 2 is 1.93 bits per heavy atom. The molecule has 8 heteroatoms. The smallest absolute Gasteiger partial charge is 0.246 e. The predicted molar refractivity (Wildman–Crippen MR) is 105 cm³/mol. The van der Waals surface area contributed by atoms with Crippen molar-refractivity contribution in [3.05, 3.63) is 47.6 Å². The minimum absolute atomic E-state index is 0. The lowest BCUT2D eigenvalue weighted by Gasteiger charge is -2.19. The van der Waals surface area contributed by atoms with E-state index in [1.807, 2.05) is 37.3 Å². The number of nitrogens with two attached hydrogens (primary N) is 1. The molecule has 0 aliphatic carbocycles. The molecule has 7 nitrogen and oxygen atoms in total. The number of ether oxygens (including phenoxy) is 1. The van der Waals surface area contributed by atoms with E-state index in [1.165, 1.54) is 4.90 Å². The second kappa shape index (κ2) is 11.0. The van der Waals surface area contributed by atoms with Crippen LogP contribution in [0, 0.1) is 5.92 Å². The molecule has 2 rings (SSSR count). The number of likely N-dealkylation sites (N-methyl/N-ethyl adjacent to an activating group) is 1. The third-order valence-electron chi connectivity index (χ3n) is 3.89. The molecule has 2 aromatic rings. The van der Waals surface area contributed by atoms with Crippen LogP contribution >= 0.6 is 12.4 Å². The number of carbonyl (C=O) groups is 1. The highest BCUT2D eigenvalue weighted by Crippen LogP contribution is 2.15. The molecule has 2 atom stereocenters. The van der Waals surface area contributed by atoms with Gasteiger partial charge in [-0.15, -0.1) is 12.4 Å². The van der Waals surface area contributed by atoms with Gasteiger partial charge in [0.2, 0.25) is 11.8 Å². The maximum Gasteiger partial charge on any atom is 0.246 e. The zero-order valence-corrected chi connectivity index (χ0v) is 17.1. The van der Waals surface area contributed by atoms with Gasteiger partial charge in [0.25, 0.3) is 0 Å². The van der Waals surface area contributed by atoms with E-state index in [9.17, 15) is 4.79 Å². The van der Waals surface area contributed by atoms with E-state index in [2.05, 4.69) is 24.0 Å². The summed E-state index contributed by atoms with van der Waals surface area (Å²) < 4.78 is 10.9. The van der Waals surface area contributed by atoms with Crippen molar-refractivity contribution in [3.8, 4) is 0 Å². The van der Waals surface area contributed by atoms with Crippen LogP contribution in [0.4, 0.5) is 0 Å². The van der Waals surface area contributed by atoms with Crippen molar-refractivity contribution in [1.29, 1.82) is 0 Å². The van der Waals surface area contributed by atoms with Gasteiger partial charge < -0.3 is 19.9 Å². The second-order valence-electron chi connectivity index (χ2n) is 6.91. The van der Waals surface area contributed by atoms with Crippen LogP contribution in [0.3, 0.4) is 0 Å². The molecule has 27 heavy (non-hydrogen) atoms. The third kappa shape index (κ3) is 7.28. The summed E-state index contributed by atoms with van der Waals surface area (Å²) in [5, 5.41) is 3.94. The maximum absolute atomic E-state index is 12.5. The molecule has 0 fully saturated rings. The van der Waals surface area contributed by atoms with Crippen LogP contribution in [0.25, 0.3) is 0 Å². The Hall–Kier alpha value is -1.96. The first-order valence-electron chi connectivity index (χ1n) is 8.85. The molecule has 2 N–H and O–H groups in total. The van der Waals surface area contributed by atoms with E-state index in [4.69, 9.17) is 15.0 Å². The molecule has 0 saturated heterocycles. The largest absolute Gasteiger partial charge is 0.370 e. The molecule has 0 aliphatic rings. The molecular weight excluding hydrogens is 368 g/mol. The summed E-state index contributed by atoms with van der Waals surface area (Å²) in [7, 11) is 1.68. The van der Waals surface area contributed by atoms with E-state index >= 15 is 0 Å². The molecule has 1 amide bonds. The van der Waals surface area contributed by atoms with Crippen LogP contribution in [0.2, 0.25) is 0 Å². The number of hydrogen-bond acceptors (Lipinski definition) is 6. The van der Waals surface area contributed by atoms with E-state index in [0.29, 0.717) is 30.7 Å². The monoisotopic (exact) mass is 396 g/mol. The highest BCUT2D eigenvalue weighted by molar-refractivity contribution is 5.85. The third-order valence-corrected chi connectivity index (χ3v) is 3.89. The summed E-state index contributed by atoms with van der Waals surface area (Å²) in [5.74, 6) is 1.11. The number of benzene rings is 1. The topological polar surface area (TPSA) is 94.5 Å². The lowest BCUT2D eigenvalue weighted by Crippen LogP contribution is -2.42. The highest BCUT2D eigenvalue weighted by atomic mass is 35.5. The molecule has 0 saturated carbocycles. The average Bonchev–Trinajstić information content (AvgIpc) is 3.08. The molecule has 1 unspecified atom stereocenters. The van der Waals surface area contributed by atoms with E-state index in [1.54, 1.807) is 7.05 Å². The van der Waals surface area contributed by atoms with Gasteiger partial charge in [-0.2, -0.15) is 4.98 Å². The van der Waals surface area contributed by atoms with Crippen molar-refractivity contribution >= 4 is 18.3 Å². The van der Waals surface area contributed by atoms with Crippen LogP contribution in [0.1, 0.15) is 44.2 Å². The number of aromatic nitrogens is 2. The average molecular weight is 397 g/mol. The Morgan fingerprint density at radius 1 is 1.26 bits per heavy atom. The van der Waals surface area contributed by atoms with Gasteiger partial charge in [-0.05, 0) is 24.8 Å². The normalized spacial score (nSPS) is 13.1. The van der Waals surface area contributed by atoms with Gasteiger partial charge in [0, 0.05) is 13.7 Å². The van der Waals surface area contributed by atoms with Crippen molar-refractivity contribution in [1.82, 2.24) is 15.0 Å². The fourth-order valence-corrected chi connectivity index (χ4v) is 2.43. The van der Waals surface area contributed by atoms with Crippen LogP contribution < -0.4 is 5.73 Å². The Morgan fingerprint density at radius 3 is 2.56 bits per heavy atom. The van der Waals surface area contributed by atoms with Crippen LogP contribution in [-0.4, -0.2) is 40.6 Å². The van der Waals surface area contributed by atoms with Crippen molar-refractivity contribution < 1.29 is 14.1 Å². The molecule has 0 aliphatic heterocycles. The van der Waals surface area contributed by atoms with Crippen LogP contribution in [0.15, 0.2) is 34.9 Å². The SMILES string of the molecule is CC(C)COC(C)c1noc(CN(C)C(=O)[C@@H](N)Cc2ccccc2)n1.Cl. The summed E-state index contributed by atoms with van der Waals surface area (Å²) in [6.45, 7) is 6.87. The zero-order valence-electron chi connectivity index (χ0n) is 16.3. The molecular formula is C19H29ClN4O3.